The molecule has 0 spiro atoms. The van der Waals surface area contributed by atoms with E-state index < -0.39 is 0 Å². The van der Waals surface area contributed by atoms with Crippen molar-refractivity contribution in [3.8, 4) is 0 Å². The zero-order chi connectivity index (χ0) is 6.53. The normalized spacial score (nSPS) is 9.00. The van der Waals surface area contributed by atoms with Crippen LogP contribution in [0.4, 0.5) is 5.82 Å². The fourth-order valence-electron chi connectivity index (χ4n) is 0.434. The molecule has 9 heavy (non-hydrogen) atoms. The van der Waals surface area contributed by atoms with Crippen LogP contribution in [0.15, 0.2) is 18.6 Å². The highest BCUT2D eigenvalue weighted by Gasteiger charge is 1.85. The summed E-state index contributed by atoms with van der Waals surface area (Å²) in [5.41, 5.74) is 2.91. The topological polar surface area (TPSA) is 77.5 Å². The lowest BCUT2D eigenvalue weighted by molar-refractivity contribution is -0.556. The van der Waals surface area contributed by atoms with Crippen molar-refractivity contribution in [1.82, 2.24) is 9.97 Å². The van der Waals surface area contributed by atoms with E-state index in [9.17, 15) is 5.21 Å². The number of hydrogen-bond donors (Lipinski definition) is 2. The minimum absolute atomic E-state index is 0.465. The van der Waals surface area contributed by atoms with Crippen molar-refractivity contribution >= 4 is 5.82 Å². The Balaban J connectivity index is 2.61. The Morgan fingerprint density at radius 1 is 1.56 bits per heavy atom. The molecule has 0 aliphatic heterocycles. The Morgan fingerprint density at radius 2 is 2.44 bits per heavy atom. The number of aromatic nitrogens is 2. The molecule has 1 rings (SSSR count). The van der Waals surface area contributed by atoms with Gasteiger partial charge in [0.25, 0.3) is 0 Å². The molecular weight excluding hydrogens is 120 g/mol. The summed E-state index contributed by atoms with van der Waals surface area (Å²) in [6.07, 6.45) is 4.51. The van der Waals surface area contributed by atoms with Gasteiger partial charge in [0.05, 0.1) is 6.20 Å². The van der Waals surface area contributed by atoms with Gasteiger partial charge in [-0.1, -0.05) is 0 Å². The first-order valence-corrected chi connectivity index (χ1v) is 2.39. The average molecular weight is 126 g/mol. The van der Waals surface area contributed by atoms with Gasteiger partial charge in [-0.25, -0.2) is 10.4 Å². The monoisotopic (exact) mass is 126 g/mol. The van der Waals surface area contributed by atoms with E-state index >= 15 is 0 Å². The van der Waals surface area contributed by atoms with Gasteiger partial charge in [-0.15, -0.1) is 0 Å². The molecule has 0 aromatic carbocycles. The van der Waals surface area contributed by atoms with Crippen LogP contribution in [0.1, 0.15) is 0 Å². The molecular formula is C4H6N4O. The molecule has 0 aliphatic carbocycles. The fraction of sp³-hybridized carbons (Fsp3) is 0. The van der Waals surface area contributed by atoms with E-state index in [0.29, 0.717) is 11.4 Å². The number of hydrogen-bond acceptors (Lipinski definition) is 4. The van der Waals surface area contributed by atoms with Crippen molar-refractivity contribution in [3.63, 3.8) is 0 Å². The lowest BCUT2D eigenvalue weighted by Crippen LogP contribution is -2.82. The lowest BCUT2D eigenvalue weighted by atomic mass is 10.7. The van der Waals surface area contributed by atoms with Crippen LogP contribution in [0.2, 0.25) is 0 Å². The maximum Gasteiger partial charge on any atom is 0.192 e. The molecule has 0 atom stereocenters. The van der Waals surface area contributed by atoms with E-state index in [-0.39, 0.29) is 0 Å². The first-order valence-electron chi connectivity index (χ1n) is 2.39. The van der Waals surface area contributed by atoms with E-state index in [4.69, 9.17) is 0 Å². The van der Waals surface area contributed by atoms with E-state index in [0.717, 1.165) is 0 Å². The SMILES string of the molecule is [O-][NH2+]Nc1cnccn1. The average Bonchev–Trinajstić information content (AvgIpc) is 1.91. The Kier molecular flexibility index (Phi) is 1.95. The number of nitrogen functional groups attached to an aromatic ring is 1. The Morgan fingerprint density at radius 3 is 3.00 bits per heavy atom. The Bertz CT molecular complexity index is 165. The van der Waals surface area contributed by atoms with Crippen molar-refractivity contribution < 1.29 is 5.59 Å². The molecule has 0 saturated carbocycles. The first-order chi connectivity index (χ1) is 4.43. The number of nitrogens with zero attached hydrogens (tertiary/aromatic N) is 2. The molecule has 5 heteroatoms. The van der Waals surface area contributed by atoms with Crippen LogP contribution in [0.3, 0.4) is 0 Å². The van der Waals surface area contributed by atoms with Crippen LogP contribution >= 0.6 is 0 Å². The van der Waals surface area contributed by atoms with Crippen LogP contribution in [-0.2, 0) is 0 Å². The first kappa shape index (κ1) is 5.93. The molecule has 1 heterocycles. The molecule has 0 amide bonds. The summed E-state index contributed by atoms with van der Waals surface area (Å²) in [5, 5.41) is 9.80. The quantitative estimate of drug-likeness (QED) is 0.388. The Hall–Kier alpha value is -1.20. The van der Waals surface area contributed by atoms with Crippen LogP contribution in [0.5, 0.6) is 0 Å². The van der Waals surface area contributed by atoms with E-state index in [1.54, 1.807) is 0 Å². The number of quaternary nitrogens is 1. The van der Waals surface area contributed by atoms with E-state index in [2.05, 4.69) is 15.4 Å². The summed E-state index contributed by atoms with van der Waals surface area (Å²) < 4.78 is 0. The zero-order valence-electron chi connectivity index (χ0n) is 4.61. The highest BCUT2D eigenvalue weighted by molar-refractivity contribution is 5.25. The summed E-state index contributed by atoms with van der Waals surface area (Å²) in [4.78, 5) is 7.48. The molecule has 0 bridgehead atoms. The molecule has 0 unspecified atom stereocenters. The summed E-state index contributed by atoms with van der Waals surface area (Å²) in [6.45, 7) is 0. The summed E-state index contributed by atoms with van der Waals surface area (Å²) >= 11 is 0. The number of rotatable bonds is 2. The minimum Gasteiger partial charge on any atom is -0.609 e. The molecule has 3 N–H and O–H groups in total. The molecule has 0 radical (unpaired) electrons. The minimum atomic E-state index is 0.465. The van der Waals surface area contributed by atoms with E-state index in [1.807, 2.05) is 0 Å². The van der Waals surface area contributed by atoms with Crippen LogP contribution < -0.4 is 11.0 Å². The molecule has 0 aliphatic rings. The van der Waals surface area contributed by atoms with Gasteiger partial charge in [-0.2, -0.15) is 0 Å². The zero-order valence-corrected chi connectivity index (χ0v) is 4.61. The van der Waals surface area contributed by atoms with Gasteiger partial charge < -0.3 is 5.21 Å². The number of anilines is 1. The predicted molar refractivity (Wildman–Crippen MR) is 30.9 cm³/mol. The maximum absolute atomic E-state index is 9.80. The van der Waals surface area contributed by atoms with Gasteiger partial charge in [0.2, 0.25) is 0 Å². The maximum atomic E-state index is 9.80. The van der Waals surface area contributed by atoms with Crippen LogP contribution in [0, 0.1) is 5.21 Å². The third-order valence-corrected chi connectivity index (χ3v) is 0.770. The van der Waals surface area contributed by atoms with Crippen molar-refractivity contribution in [1.29, 1.82) is 0 Å². The fourth-order valence-corrected chi connectivity index (χ4v) is 0.434. The van der Waals surface area contributed by atoms with Crippen molar-refractivity contribution in [2.75, 3.05) is 5.43 Å². The smallest absolute Gasteiger partial charge is 0.192 e. The van der Waals surface area contributed by atoms with Crippen molar-refractivity contribution in [2.24, 2.45) is 0 Å². The molecule has 1 aromatic rings. The molecule has 5 nitrogen and oxygen atoms in total. The summed E-state index contributed by atoms with van der Waals surface area (Å²) in [5.74, 6) is 0.465. The largest absolute Gasteiger partial charge is 0.609 e. The highest BCUT2D eigenvalue weighted by Crippen LogP contribution is 1.90. The second-order valence-corrected chi connectivity index (χ2v) is 1.35. The second kappa shape index (κ2) is 2.95. The van der Waals surface area contributed by atoms with E-state index in [1.165, 1.54) is 18.6 Å². The molecule has 0 fully saturated rings. The predicted octanol–water partition coefficient (Wildman–Crippen LogP) is -1.14. The van der Waals surface area contributed by atoms with Crippen LogP contribution in [0.25, 0.3) is 0 Å². The van der Waals surface area contributed by atoms with Gasteiger partial charge >= 0.3 is 0 Å². The third-order valence-electron chi connectivity index (χ3n) is 0.770. The summed E-state index contributed by atoms with van der Waals surface area (Å²) in [7, 11) is 0. The van der Waals surface area contributed by atoms with Gasteiger partial charge in [0.15, 0.2) is 5.82 Å². The lowest BCUT2D eigenvalue weighted by Gasteiger charge is -2.01. The van der Waals surface area contributed by atoms with Crippen LogP contribution in [-0.4, -0.2) is 9.97 Å². The van der Waals surface area contributed by atoms with Crippen molar-refractivity contribution in [2.45, 2.75) is 0 Å². The summed E-state index contributed by atoms with van der Waals surface area (Å²) in [6, 6.07) is 0. The number of nitrogens with one attached hydrogen (secondary N) is 1. The molecule has 0 saturated heterocycles. The molecule has 48 valence electrons. The number of nitrogens with two attached hydrogens (primary N) is 1. The van der Waals surface area contributed by atoms with Gasteiger partial charge in [0, 0.05) is 12.4 Å². The molecule has 1 aromatic heterocycles. The Labute approximate surface area is 51.7 Å². The standard InChI is InChI=1S/C4H6N4O/c9-8-7-4-3-5-1-2-6-4/h1-3H,8H2,(H,6,7). The van der Waals surface area contributed by atoms with Crippen molar-refractivity contribution in [3.05, 3.63) is 23.8 Å². The third kappa shape index (κ3) is 1.63. The highest BCUT2D eigenvalue weighted by atomic mass is 16.5. The van der Waals surface area contributed by atoms with Gasteiger partial charge in [-0.3, -0.25) is 10.6 Å². The van der Waals surface area contributed by atoms with Gasteiger partial charge in [0.1, 0.15) is 0 Å². The second-order valence-electron chi connectivity index (χ2n) is 1.35. The van der Waals surface area contributed by atoms with Gasteiger partial charge in [-0.05, 0) is 0 Å².